The van der Waals surface area contributed by atoms with Crippen molar-refractivity contribution in [2.75, 3.05) is 0 Å². The van der Waals surface area contributed by atoms with Gasteiger partial charge in [-0.05, 0) is 35.9 Å². The molecule has 3 rings (SSSR count). The Labute approximate surface area is 171 Å². The fourth-order valence-corrected chi connectivity index (χ4v) is 2.76. The van der Waals surface area contributed by atoms with E-state index >= 15 is 0 Å². The number of benzene rings is 3. The van der Waals surface area contributed by atoms with Crippen LogP contribution in [0.25, 0.3) is 0 Å². The Bertz CT molecular complexity index is 1070. The van der Waals surface area contributed by atoms with Crippen molar-refractivity contribution >= 4 is 29.4 Å². The number of rotatable bonds is 7. The summed E-state index contributed by atoms with van der Waals surface area (Å²) in [6.45, 7) is 0.313. The topological polar surface area (TPSA) is 93.8 Å². The molecule has 29 heavy (non-hydrogen) atoms. The van der Waals surface area contributed by atoms with Crippen LogP contribution in [0.15, 0.2) is 77.9 Å². The molecular formula is C21H16ClN3O4. The SMILES string of the molecule is O=C(N/N=C\c1ccccc1OCc1cccc(Cl)c1)c1ccccc1[N+](=O)[O-]. The van der Waals surface area contributed by atoms with E-state index in [0.29, 0.717) is 22.9 Å². The number of nitro groups is 1. The zero-order valence-corrected chi connectivity index (χ0v) is 15.9. The molecule has 0 radical (unpaired) electrons. The number of hydrazone groups is 1. The number of carbonyl (C=O) groups excluding carboxylic acids is 1. The highest BCUT2D eigenvalue weighted by molar-refractivity contribution is 6.30. The second-order valence-corrected chi connectivity index (χ2v) is 6.37. The highest BCUT2D eigenvalue weighted by Crippen LogP contribution is 2.19. The molecule has 3 aromatic rings. The number of hydrogen-bond acceptors (Lipinski definition) is 5. The van der Waals surface area contributed by atoms with Gasteiger partial charge in [0.05, 0.1) is 11.1 Å². The van der Waals surface area contributed by atoms with E-state index in [4.69, 9.17) is 16.3 Å². The summed E-state index contributed by atoms with van der Waals surface area (Å²) in [6.07, 6.45) is 1.42. The largest absolute Gasteiger partial charge is 0.488 e. The second kappa shape index (κ2) is 9.48. The Kier molecular flexibility index (Phi) is 6.55. The Balaban J connectivity index is 1.68. The maximum absolute atomic E-state index is 12.2. The highest BCUT2D eigenvalue weighted by atomic mass is 35.5. The average Bonchev–Trinajstić information content (AvgIpc) is 2.73. The Morgan fingerprint density at radius 3 is 2.66 bits per heavy atom. The predicted molar refractivity (Wildman–Crippen MR) is 110 cm³/mol. The first kappa shape index (κ1) is 20.0. The van der Waals surface area contributed by atoms with E-state index in [9.17, 15) is 14.9 Å². The maximum Gasteiger partial charge on any atom is 0.282 e. The molecule has 1 N–H and O–H groups in total. The van der Waals surface area contributed by atoms with Gasteiger partial charge in [-0.15, -0.1) is 0 Å². The lowest BCUT2D eigenvalue weighted by Gasteiger charge is -2.09. The van der Waals surface area contributed by atoms with Crippen LogP contribution in [0, 0.1) is 10.1 Å². The number of nitro benzene ring substituents is 1. The molecule has 146 valence electrons. The zero-order chi connectivity index (χ0) is 20.6. The number of nitrogens with zero attached hydrogens (tertiary/aromatic N) is 2. The molecule has 0 fully saturated rings. The van der Waals surface area contributed by atoms with Crippen molar-refractivity contribution in [1.82, 2.24) is 5.43 Å². The number of ether oxygens (including phenoxy) is 1. The van der Waals surface area contributed by atoms with Crippen LogP contribution < -0.4 is 10.2 Å². The van der Waals surface area contributed by atoms with Gasteiger partial charge in [-0.25, -0.2) is 5.43 Å². The van der Waals surface area contributed by atoms with Crippen LogP contribution in [0.4, 0.5) is 5.69 Å². The Hall–Kier alpha value is -3.71. The lowest BCUT2D eigenvalue weighted by atomic mass is 10.2. The van der Waals surface area contributed by atoms with E-state index in [2.05, 4.69) is 10.5 Å². The molecule has 0 spiro atoms. The summed E-state index contributed by atoms with van der Waals surface area (Å²) in [5, 5.41) is 15.6. The van der Waals surface area contributed by atoms with Gasteiger partial charge >= 0.3 is 0 Å². The Morgan fingerprint density at radius 2 is 1.86 bits per heavy atom. The van der Waals surface area contributed by atoms with E-state index in [0.717, 1.165) is 5.56 Å². The maximum atomic E-state index is 12.2. The molecule has 8 heteroatoms. The molecule has 0 saturated heterocycles. The molecule has 0 bridgehead atoms. The van der Waals surface area contributed by atoms with E-state index in [1.165, 1.54) is 24.4 Å². The minimum absolute atomic E-state index is 0.0693. The van der Waals surface area contributed by atoms with Crippen molar-refractivity contribution in [3.63, 3.8) is 0 Å². The van der Waals surface area contributed by atoms with Crippen LogP contribution in [0.3, 0.4) is 0 Å². The Morgan fingerprint density at radius 1 is 1.10 bits per heavy atom. The van der Waals surface area contributed by atoms with E-state index < -0.39 is 10.8 Å². The molecule has 0 heterocycles. The summed E-state index contributed by atoms with van der Waals surface area (Å²) in [7, 11) is 0. The standard InChI is InChI=1S/C21H16ClN3O4/c22-17-8-5-6-15(12-17)14-29-20-11-4-1-7-16(20)13-23-24-21(26)18-9-2-3-10-19(18)25(27)28/h1-13H,14H2,(H,24,26)/b23-13-. The summed E-state index contributed by atoms with van der Waals surface area (Å²) >= 11 is 5.98. The third-order valence-corrected chi connectivity index (χ3v) is 4.15. The molecule has 1 amide bonds. The number of carbonyl (C=O) groups is 1. The van der Waals surface area contributed by atoms with Crippen molar-refractivity contribution in [2.24, 2.45) is 5.10 Å². The number of hydrogen-bond donors (Lipinski definition) is 1. The van der Waals surface area contributed by atoms with Crippen molar-refractivity contribution in [3.8, 4) is 5.75 Å². The lowest BCUT2D eigenvalue weighted by Crippen LogP contribution is -2.19. The average molecular weight is 410 g/mol. The van der Waals surface area contributed by atoms with E-state index in [1.54, 1.807) is 30.3 Å². The lowest BCUT2D eigenvalue weighted by molar-refractivity contribution is -0.385. The number of nitrogens with one attached hydrogen (secondary N) is 1. The van der Waals surface area contributed by atoms with Gasteiger partial charge in [-0.1, -0.05) is 48.0 Å². The highest BCUT2D eigenvalue weighted by Gasteiger charge is 2.18. The van der Waals surface area contributed by atoms with E-state index in [-0.39, 0.29) is 11.3 Å². The summed E-state index contributed by atoms with van der Waals surface area (Å²) in [5.74, 6) is -0.109. The first-order chi connectivity index (χ1) is 14.0. The minimum atomic E-state index is -0.675. The predicted octanol–water partition coefficient (Wildman–Crippen LogP) is 4.59. The van der Waals surface area contributed by atoms with Crippen LogP contribution in [-0.4, -0.2) is 17.0 Å². The van der Waals surface area contributed by atoms with Gasteiger partial charge in [0, 0.05) is 16.7 Å². The molecule has 0 aromatic heterocycles. The number of para-hydroxylation sites is 2. The molecule has 0 unspecified atom stereocenters. The molecule has 7 nitrogen and oxygen atoms in total. The van der Waals surface area contributed by atoms with Gasteiger partial charge in [0.15, 0.2) is 0 Å². The third-order valence-electron chi connectivity index (χ3n) is 3.92. The fraction of sp³-hybridized carbons (Fsp3) is 0.0476. The zero-order valence-electron chi connectivity index (χ0n) is 15.1. The van der Waals surface area contributed by atoms with Crippen molar-refractivity contribution in [1.29, 1.82) is 0 Å². The first-order valence-electron chi connectivity index (χ1n) is 8.57. The molecule has 0 aliphatic rings. The van der Waals surface area contributed by atoms with Crippen LogP contribution >= 0.6 is 11.6 Å². The molecule has 0 aliphatic carbocycles. The van der Waals surface area contributed by atoms with Crippen molar-refractivity contribution < 1.29 is 14.5 Å². The minimum Gasteiger partial charge on any atom is -0.488 e. The first-order valence-corrected chi connectivity index (χ1v) is 8.95. The number of halogens is 1. The quantitative estimate of drug-likeness (QED) is 0.351. The molecular weight excluding hydrogens is 394 g/mol. The van der Waals surface area contributed by atoms with Gasteiger partial charge in [0.25, 0.3) is 11.6 Å². The van der Waals surface area contributed by atoms with E-state index in [1.807, 2.05) is 24.3 Å². The second-order valence-electron chi connectivity index (χ2n) is 5.93. The van der Waals surface area contributed by atoms with Crippen LogP contribution in [0.2, 0.25) is 5.02 Å². The molecule has 0 atom stereocenters. The monoisotopic (exact) mass is 409 g/mol. The van der Waals surface area contributed by atoms with Gasteiger partial charge < -0.3 is 4.74 Å². The third kappa shape index (κ3) is 5.40. The van der Waals surface area contributed by atoms with Crippen LogP contribution in [0.5, 0.6) is 5.75 Å². The molecule has 3 aromatic carbocycles. The van der Waals surface area contributed by atoms with Gasteiger partial charge in [-0.2, -0.15) is 5.10 Å². The van der Waals surface area contributed by atoms with Gasteiger partial charge in [-0.3, -0.25) is 14.9 Å². The van der Waals surface area contributed by atoms with Gasteiger partial charge in [0.2, 0.25) is 0 Å². The molecule has 0 aliphatic heterocycles. The number of amides is 1. The van der Waals surface area contributed by atoms with Crippen LogP contribution in [0.1, 0.15) is 21.5 Å². The fourth-order valence-electron chi connectivity index (χ4n) is 2.55. The summed E-state index contributed by atoms with van der Waals surface area (Å²) in [6, 6.07) is 20.2. The summed E-state index contributed by atoms with van der Waals surface area (Å²) in [5.41, 5.74) is 3.50. The normalized spacial score (nSPS) is 10.7. The summed E-state index contributed by atoms with van der Waals surface area (Å²) in [4.78, 5) is 22.6. The van der Waals surface area contributed by atoms with Gasteiger partial charge in [0.1, 0.15) is 17.9 Å². The molecule has 0 saturated carbocycles. The van der Waals surface area contributed by atoms with Crippen molar-refractivity contribution in [2.45, 2.75) is 6.61 Å². The van der Waals surface area contributed by atoms with Crippen LogP contribution in [-0.2, 0) is 6.61 Å². The van der Waals surface area contributed by atoms with Crippen molar-refractivity contribution in [3.05, 3.63) is 105 Å². The smallest absolute Gasteiger partial charge is 0.282 e. The summed E-state index contributed by atoms with van der Waals surface area (Å²) < 4.78 is 5.82.